The standard InChI is InChI=1S/C23H20N2O3S/c24-15-19-8-4-9-20(14-19)23(27)28-17-22(26)25(16-21-10-5-13-29-21)12-11-18-6-2-1-3-7-18/h1-10,13-14H,11-12,16-17H2. The van der Waals surface area contributed by atoms with Gasteiger partial charge < -0.3 is 9.64 Å². The molecule has 0 aliphatic carbocycles. The molecule has 0 aliphatic rings. The fraction of sp³-hybridized carbons (Fsp3) is 0.174. The van der Waals surface area contributed by atoms with Gasteiger partial charge in [-0.25, -0.2) is 4.79 Å². The van der Waals surface area contributed by atoms with Gasteiger partial charge in [-0.2, -0.15) is 5.26 Å². The maximum absolute atomic E-state index is 12.8. The van der Waals surface area contributed by atoms with E-state index in [2.05, 4.69) is 0 Å². The molecule has 6 heteroatoms. The minimum absolute atomic E-state index is 0.251. The largest absolute Gasteiger partial charge is 0.452 e. The van der Waals surface area contributed by atoms with Crippen molar-refractivity contribution in [2.24, 2.45) is 0 Å². The van der Waals surface area contributed by atoms with Crippen molar-refractivity contribution in [1.29, 1.82) is 5.26 Å². The number of benzene rings is 2. The number of nitrogens with zero attached hydrogens (tertiary/aromatic N) is 2. The van der Waals surface area contributed by atoms with Gasteiger partial charge in [0.25, 0.3) is 5.91 Å². The van der Waals surface area contributed by atoms with Gasteiger partial charge in [0.1, 0.15) is 0 Å². The normalized spacial score (nSPS) is 10.2. The molecule has 0 N–H and O–H groups in total. The first-order chi connectivity index (χ1) is 14.2. The van der Waals surface area contributed by atoms with Gasteiger partial charge in [-0.3, -0.25) is 4.79 Å². The highest BCUT2D eigenvalue weighted by molar-refractivity contribution is 7.09. The van der Waals surface area contributed by atoms with Crippen molar-refractivity contribution in [2.75, 3.05) is 13.2 Å². The predicted octanol–water partition coefficient (Wildman–Crippen LogP) is 4.05. The molecule has 0 radical (unpaired) electrons. The van der Waals surface area contributed by atoms with E-state index in [9.17, 15) is 9.59 Å². The summed E-state index contributed by atoms with van der Waals surface area (Å²) in [4.78, 5) is 27.8. The molecule has 1 aromatic heterocycles. The summed E-state index contributed by atoms with van der Waals surface area (Å²) in [6.45, 7) is 0.669. The van der Waals surface area contributed by atoms with Crippen LogP contribution in [0.15, 0.2) is 72.1 Å². The second-order valence-electron chi connectivity index (χ2n) is 6.40. The van der Waals surface area contributed by atoms with Crippen molar-refractivity contribution in [3.8, 4) is 6.07 Å². The molecule has 29 heavy (non-hydrogen) atoms. The molecule has 0 spiro atoms. The van der Waals surface area contributed by atoms with Gasteiger partial charge in [0, 0.05) is 11.4 Å². The van der Waals surface area contributed by atoms with Gasteiger partial charge >= 0.3 is 5.97 Å². The highest BCUT2D eigenvalue weighted by Crippen LogP contribution is 2.14. The fourth-order valence-electron chi connectivity index (χ4n) is 2.81. The maximum atomic E-state index is 12.8. The Labute approximate surface area is 173 Å². The Bertz CT molecular complexity index is 994. The SMILES string of the molecule is N#Cc1cccc(C(=O)OCC(=O)N(CCc2ccccc2)Cc2cccs2)c1. The topological polar surface area (TPSA) is 70.4 Å². The lowest BCUT2D eigenvalue weighted by atomic mass is 10.1. The lowest BCUT2D eigenvalue weighted by molar-refractivity contribution is -0.135. The molecule has 5 nitrogen and oxygen atoms in total. The van der Waals surface area contributed by atoms with Crippen molar-refractivity contribution >= 4 is 23.2 Å². The van der Waals surface area contributed by atoms with E-state index in [1.807, 2.05) is 53.9 Å². The van der Waals surface area contributed by atoms with E-state index in [0.29, 0.717) is 18.7 Å². The Morgan fingerprint density at radius 2 is 1.86 bits per heavy atom. The summed E-state index contributed by atoms with van der Waals surface area (Å²) in [5.74, 6) is -0.867. The molecule has 0 saturated carbocycles. The van der Waals surface area contributed by atoms with Gasteiger partial charge in [0.2, 0.25) is 0 Å². The fourth-order valence-corrected chi connectivity index (χ4v) is 3.53. The molecule has 1 heterocycles. The summed E-state index contributed by atoms with van der Waals surface area (Å²) in [7, 11) is 0. The Balaban J connectivity index is 1.62. The van der Waals surface area contributed by atoms with E-state index in [4.69, 9.17) is 10.00 Å². The van der Waals surface area contributed by atoms with E-state index >= 15 is 0 Å². The molecular weight excluding hydrogens is 384 g/mol. The quantitative estimate of drug-likeness (QED) is 0.531. The first-order valence-electron chi connectivity index (χ1n) is 9.17. The van der Waals surface area contributed by atoms with Gasteiger partial charge in [-0.15, -0.1) is 11.3 Å². The summed E-state index contributed by atoms with van der Waals surface area (Å²) < 4.78 is 5.21. The van der Waals surface area contributed by atoms with Gasteiger partial charge in [0.05, 0.1) is 23.7 Å². The van der Waals surface area contributed by atoms with Crippen LogP contribution in [0.3, 0.4) is 0 Å². The second kappa shape index (κ2) is 10.2. The summed E-state index contributed by atoms with van der Waals surface area (Å²) in [5, 5.41) is 10.9. The number of hydrogen-bond donors (Lipinski definition) is 0. The first kappa shape index (κ1) is 20.3. The summed E-state index contributed by atoms with van der Waals surface area (Å²) in [5.41, 5.74) is 1.76. The summed E-state index contributed by atoms with van der Waals surface area (Å²) in [6, 6.07) is 22.1. The zero-order chi connectivity index (χ0) is 20.5. The Morgan fingerprint density at radius 1 is 1.03 bits per heavy atom. The van der Waals surface area contributed by atoms with Crippen LogP contribution >= 0.6 is 11.3 Å². The van der Waals surface area contributed by atoms with E-state index < -0.39 is 5.97 Å². The van der Waals surface area contributed by atoms with Crippen molar-refractivity contribution < 1.29 is 14.3 Å². The van der Waals surface area contributed by atoms with Crippen molar-refractivity contribution in [3.63, 3.8) is 0 Å². The highest BCUT2D eigenvalue weighted by atomic mass is 32.1. The molecule has 0 atom stereocenters. The zero-order valence-corrected chi connectivity index (χ0v) is 16.6. The minimum atomic E-state index is -0.616. The number of hydrogen-bond acceptors (Lipinski definition) is 5. The molecule has 3 rings (SSSR count). The van der Waals surface area contributed by atoms with Crippen LogP contribution in [0.1, 0.15) is 26.4 Å². The van der Waals surface area contributed by atoms with Gasteiger partial charge in [-0.1, -0.05) is 42.5 Å². The first-order valence-corrected chi connectivity index (χ1v) is 10.0. The van der Waals surface area contributed by atoms with Crippen LogP contribution < -0.4 is 0 Å². The van der Waals surface area contributed by atoms with Crippen LogP contribution in [0.25, 0.3) is 0 Å². The number of carbonyl (C=O) groups excluding carboxylic acids is 2. The predicted molar refractivity (Wildman–Crippen MR) is 111 cm³/mol. The number of ether oxygens (including phenoxy) is 1. The monoisotopic (exact) mass is 404 g/mol. The number of nitriles is 1. The molecule has 0 unspecified atom stereocenters. The van der Waals surface area contributed by atoms with Crippen molar-refractivity contribution in [3.05, 3.63) is 93.7 Å². The molecule has 146 valence electrons. The van der Waals surface area contributed by atoms with E-state index in [-0.39, 0.29) is 18.1 Å². The third-order valence-electron chi connectivity index (χ3n) is 4.35. The van der Waals surface area contributed by atoms with Crippen LogP contribution in [-0.2, 0) is 22.5 Å². The number of amides is 1. The Morgan fingerprint density at radius 3 is 2.59 bits per heavy atom. The van der Waals surface area contributed by atoms with Gasteiger partial charge in [0.15, 0.2) is 6.61 Å². The number of carbonyl (C=O) groups is 2. The molecule has 2 aromatic carbocycles. The number of thiophene rings is 1. The molecule has 0 aliphatic heterocycles. The van der Waals surface area contributed by atoms with Crippen molar-refractivity contribution in [1.82, 2.24) is 4.90 Å². The number of esters is 1. The highest BCUT2D eigenvalue weighted by Gasteiger charge is 2.18. The van der Waals surface area contributed by atoms with E-state index in [0.717, 1.165) is 16.9 Å². The van der Waals surface area contributed by atoms with Crippen LogP contribution in [-0.4, -0.2) is 29.9 Å². The van der Waals surface area contributed by atoms with E-state index in [1.165, 1.54) is 6.07 Å². The Hall–Kier alpha value is -3.43. The summed E-state index contributed by atoms with van der Waals surface area (Å²) in [6.07, 6.45) is 0.718. The number of rotatable bonds is 8. The molecule has 0 bridgehead atoms. The van der Waals surface area contributed by atoms with Gasteiger partial charge in [-0.05, 0) is 41.6 Å². The Kier molecular flexibility index (Phi) is 7.15. The van der Waals surface area contributed by atoms with Crippen LogP contribution in [0.4, 0.5) is 0 Å². The van der Waals surface area contributed by atoms with Crippen molar-refractivity contribution in [2.45, 2.75) is 13.0 Å². The van der Waals surface area contributed by atoms with Crippen LogP contribution in [0, 0.1) is 11.3 Å². The maximum Gasteiger partial charge on any atom is 0.338 e. The molecule has 3 aromatic rings. The molecule has 0 fully saturated rings. The average Bonchev–Trinajstić information content (AvgIpc) is 3.28. The smallest absolute Gasteiger partial charge is 0.338 e. The van der Waals surface area contributed by atoms with E-state index in [1.54, 1.807) is 34.4 Å². The third-order valence-corrected chi connectivity index (χ3v) is 5.21. The summed E-state index contributed by atoms with van der Waals surface area (Å²) >= 11 is 1.58. The minimum Gasteiger partial charge on any atom is -0.452 e. The lowest BCUT2D eigenvalue weighted by Crippen LogP contribution is -2.35. The lowest BCUT2D eigenvalue weighted by Gasteiger charge is -2.22. The molecule has 1 amide bonds. The second-order valence-corrected chi connectivity index (χ2v) is 7.43. The van der Waals surface area contributed by atoms with Crippen LogP contribution in [0.5, 0.6) is 0 Å². The molecular formula is C23H20N2O3S. The molecule has 0 saturated heterocycles. The zero-order valence-electron chi connectivity index (χ0n) is 15.8. The average molecular weight is 404 g/mol. The van der Waals surface area contributed by atoms with Crippen LogP contribution in [0.2, 0.25) is 0 Å². The third kappa shape index (κ3) is 6.03.